The first-order valence-electron chi connectivity index (χ1n) is 2.41. The molecule has 0 unspecified atom stereocenters. The fraction of sp³-hybridized carbons (Fsp3) is 0. The highest BCUT2D eigenvalue weighted by molar-refractivity contribution is 14.1. The molecule has 0 nitrogen and oxygen atoms in total. The maximum absolute atomic E-state index is 12.9. The monoisotopic (exact) mass is 426 g/mol. The summed E-state index contributed by atoms with van der Waals surface area (Å²) in [5, 5.41) is 0. The third-order valence-electron chi connectivity index (χ3n) is 0.949. The molecule has 0 aliphatic rings. The summed E-state index contributed by atoms with van der Waals surface area (Å²) in [5.41, 5.74) is 0. The van der Waals surface area contributed by atoms with Gasteiger partial charge in [-0.1, -0.05) is 15.9 Å². The van der Waals surface area contributed by atoms with E-state index in [-0.39, 0.29) is 5.82 Å². The molecule has 0 fully saturated rings. The summed E-state index contributed by atoms with van der Waals surface area (Å²) in [5.74, 6) is -0.135. The van der Waals surface area contributed by atoms with E-state index in [2.05, 4.69) is 15.9 Å². The van der Waals surface area contributed by atoms with Crippen LogP contribution >= 0.6 is 61.1 Å². The lowest BCUT2D eigenvalue weighted by atomic mass is 10.4. The summed E-state index contributed by atoms with van der Waals surface area (Å²) < 4.78 is 15.1. The highest BCUT2D eigenvalue weighted by atomic mass is 127. The number of rotatable bonds is 0. The van der Waals surface area contributed by atoms with Crippen LogP contribution in [0.5, 0.6) is 0 Å². The van der Waals surface area contributed by atoms with Gasteiger partial charge in [-0.2, -0.15) is 0 Å². The van der Waals surface area contributed by atoms with Gasteiger partial charge in [0.2, 0.25) is 0 Å². The number of hydrogen-bond donors (Lipinski definition) is 0. The van der Waals surface area contributed by atoms with Crippen molar-refractivity contribution in [2.24, 2.45) is 0 Å². The molecule has 1 aromatic rings. The molecule has 0 heterocycles. The number of benzene rings is 1. The van der Waals surface area contributed by atoms with Gasteiger partial charge in [-0.15, -0.1) is 0 Å². The lowest BCUT2D eigenvalue weighted by molar-refractivity contribution is 0.612. The fourth-order valence-electron chi connectivity index (χ4n) is 0.525. The molecule has 0 atom stereocenters. The van der Waals surface area contributed by atoms with Crippen LogP contribution in [0.3, 0.4) is 0 Å². The molecule has 0 radical (unpaired) electrons. The van der Waals surface area contributed by atoms with Gasteiger partial charge in [0.05, 0.1) is 7.14 Å². The van der Waals surface area contributed by atoms with Gasteiger partial charge >= 0.3 is 0 Å². The summed E-state index contributed by atoms with van der Waals surface area (Å²) >= 11 is 7.20. The van der Waals surface area contributed by atoms with Crippen molar-refractivity contribution >= 4 is 61.1 Å². The summed E-state index contributed by atoms with van der Waals surface area (Å²) in [6.45, 7) is 0. The number of halogens is 4. The minimum absolute atomic E-state index is 0.135. The van der Waals surface area contributed by atoms with E-state index in [4.69, 9.17) is 0 Å². The first-order chi connectivity index (χ1) is 4.61. The van der Waals surface area contributed by atoms with Crippen LogP contribution in [0, 0.1) is 13.0 Å². The standard InChI is InChI=1S/C6H2BrFI2/c7-3-1-4(9)6(8)5(10)2-3/h1-2H. The van der Waals surface area contributed by atoms with Gasteiger partial charge in [-0.05, 0) is 57.3 Å². The summed E-state index contributed by atoms with van der Waals surface area (Å²) in [6.07, 6.45) is 0. The van der Waals surface area contributed by atoms with Gasteiger partial charge in [0.15, 0.2) is 0 Å². The Labute approximate surface area is 94.0 Å². The van der Waals surface area contributed by atoms with Gasteiger partial charge in [0.1, 0.15) is 5.82 Å². The highest BCUT2D eigenvalue weighted by Crippen LogP contribution is 2.22. The Bertz CT molecular complexity index is 239. The van der Waals surface area contributed by atoms with Gasteiger partial charge in [-0.25, -0.2) is 4.39 Å². The average Bonchev–Trinajstić information content (AvgIpc) is 1.82. The molecule has 0 saturated carbocycles. The van der Waals surface area contributed by atoms with Crippen molar-refractivity contribution in [1.82, 2.24) is 0 Å². The van der Waals surface area contributed by atoms with E-state index in [1.807, 2.05) is 45.2 Å². The smallest absolute Gasteiger partial charge is 0.149 e. The third-order valence-corrected chi connectivity index (χ3v) is 2.98. The van der Waals surface area contributed by atoms with Gasteiger partial charge in [0.25, 0.3) is 0 Å². The molecule has 0 N–H and O–H groups in total. The average molecular weight is 427 g/mol. The lowest BCUT2D eigenvalue weighted by Gasteiger charge is -1.97. The zero-order valence-corrected chi connectivity index (χ0v) is 10.6. The van der Waals surface area contributed by atoms with Gasteiger partial charge in [0, 0.05) is 4.47 Å². The minimum Gasteiger partial charge on any atom is -0.205 e. The second-order valence-corrected chi connectivity index (χ2v) is 4.92. The highest BCUT2D eigenvalue weighted by Gasteiger charge is 2.03. The van der Waals surface area contributed by atoms with Crippen molar-refractivity contribution in [2.75, 3.05) is 0 Å². The molecule has 0 amide bonds. The molecule has 0 aliphatic carbocycles. The molecule has 0 spiro atoms. The van der Waals surface area contributed by atoms with Crippen LogP contribution in [0.15, 0.2) is 16.6 Å². The maximum Gasteiger partial charge on any atom is 0.149 e. The third kappa shape index (κ3) is 2.04. The first-order valence-corrected chi connectivity index (χ1v) is 5.36. The van der Waals surface area contributed by atoms with Crippen LogP contribution in [0.25, 0.3) is 0 Å². The predicted molar refractivity (Wildman–Crippen MR) is 59.5 cm³/mol. The van der Waals surface area contributed by atoms with E-state index in [9.17, 15) is 4.39 Å². The summed E-state index contributed by atoms with van der Waals surface area (Å²) in [7, 11) is 0. The molecular weight excluding hydrogens is 425 g/mol. The van der Waals surface area contributed by atoms with E-state index in [0.29, 0.717) is 7.14 Å². The van der Waals surface area contributed by atoms with Crippen molar-refractivity contribution < 1.29 is 4.39 Å². The van der Waals surface area contributed by atoms with Crippen LogP contribution < -0.4 is 0 Å². The molecule has 54 valence electrons. The van der Waals surface area contributed by atoms with Crippen molar-refractivity contribution in [2.45, 2.75) is 0 Å². The van der Waals surface area contributed by atoms with Crippen molar-refractivity contribution in [3.63, 3.8) is 0 Å². The van der Waals surface area contributed by atoms with Crippen LogP contribution in [0.4, 0.5) is 4.39 Å². The van der Waals surface area contributed by atoms with E-state index in [1.54, 1.807) is 12.1 Å². The van der Waals surface area contributed by atoms with E-state index >= 15 is 0 Å². The Morgan fingerprint density at radius 3 is 2.00 bits per heavy atom. The lowest BCUT2D eigenvalue weighted by Crippen LogP contribution is -1.85. The van der Waals surface area contributed by atoms with Crippen LogP contribution in [0.2, 0.25) is 0 Å². The summed E-state index contributed by atoms with van der Waals surface area (Å²) in [4.78, 5) is 0. The Morgan fingerprint density at radius 1 is 1.20 bits per heavy atom. The number of hydrogen-bond acceptors (Lipinski definition) is 0. The molecule has 1 rings (SSSR count). The fourth-order valence-corrected chi connectivity index (χ4v) is 3.61. The molecule has 4 heteroatoms. The van der Waals surface area contributed by atoms with E-state index in [1.165, 1.54) is 0 Å². The van der Waals surface area contributed by atoms with E-state index < -0.39 is 0 Å². The van der Waals surface area contributed by atoms with Gasteiger partial charge < -0.3 is 0 Å². The molecule has 0 aliphatic heterocycles. The quantitative estimate of drug-likeness (QED) is 0.336. The van der Waals surface area contributed by atoms with Gasteiger partial charge in [-0.3, -0.25) is 0 Å². The zero-order valence-electron chi connectivity index (χ0n) is 4.67. The molecule has 10 heavy (non-hydrogen) atoms. The zero-order chi connectivity index (χ0) is 7.72. The summed E-state index contributed by atoms with van der Waals surface area (Å²) in [6, 6.07) is 3.50. The topological polar surface area (TPSA) is 0 Å². The molecule has 0 saturated heterocycles. The maximum atomic E-state index is 12.9. The molecular formula is C6H2BrFI2. The minimum atomic E-state index is -0.135. The SMILES string of the molecule is Fc1c(I)cc(Br)cc1I. The van der Waals surface area contributed by atoms with Crippen molar-refractivity contribution in [3.05, 3.63) is 29.6 Å². The van der Waals surface area contributed by atoms with Crippen LogP contribution in [-0.2, 0) is 0 Å². The molecule has 0 aromatic heterocycles. The molecule has 0 bridgehead atoms. The van der Waals surface area contributed by atoms with Crippen molar-refractivity contribution in [1.29, 1.82) is 0 Å². The Hall–Kier alpha value is 1.09. The second-order valence-electron chi connectivity index (χ2n) is 1.68. The first kappa shape index (κ1) is 9.18. The Morgan fingerprint density at radius 2 is 1.60 bits per heavy atom. The Kier molecular flexibility index (Phi) is 3.36. The Balaban J connectivity index is 3.31. The van der Waals surface area contributed by atoms with Crippen LogP contribution in [-0.4, -0.2) is 0 Å². The van der Waals surface area contributed by atoms with E-state index in [0.717, 1.165) is 4.47 Å². The largest absolute Gasteiger partial charge is 0.205 e. The normalized spacial score (nSPS) is 10.0. The predicted octanol–water partition coefficient (Wildman–Crippen LogP) is 3.80. The second kappa shape index (κ2) is 3.66. The van der Waals surface area contributed by atoms with Crippen molar-refractivity contribution in [3.8, 4) is 0 Å². The molecule has 1 aromatic carbocycles. The van der Waals surface area contributed by atoms with Crippen LogP contribution in [0.1, 0.15) is 0 Å².